The molecule has 6 nitrogen and oxygen atoms in total. The van der Waals surface area contributed by atoms with Crippen LogP contribution in [0.25, 0.3) is 0 Å². The molecule has 1 aromatic carbocycles. The van der Waals surface area contributed by atoms with E-state index in [9.17, 15) is 9.59 Å². The molecule has 0 aliphatic carbocycles. The number of carbonyl (C=O) groups excluding carboxylic acids is 2. The summed E-state index contributed by atoms with van der Waals surface area (Å²) < 4.78 is 5.08. The Labute approximate surface area is 124 Å². The fourth-order valence-electron chi connectivity index (χ4n) is 1.73. The smallest absolute Gasteiger partial charge is 0.279 e. The number of benzene rings is 1. The predicted octanol–water partition coefficient (Wildman–Crippen LogP) is -1.10. The molecule has 21 heavy (non-hydrogen) atoms. The minimum Gasteiger partial charge on any atom is -0.497 e. The van der Waals surface area contributed by atoms with E-state index in [1.165, 1.54) is 0 Å². The van der Waals surface area contributed by atoms with Gasteiger partial charge in [-0.1, -0.05) is 12.0 Å². The first kappa shape index (κ1) is 16.5. The van der Waals surface area contributed by atoms with Gasteiger partial charge in [-0.25, -0.2) is 0 Å². The molecule has 0 radical (unpaired) electrons. The van der Waals surface area contributed by atoms with Gasteiger partial charge in [-0.3, -0.25) is 9.59 Å². The van der Waals surface area contributed by atoms with Crippen molar-refractivity contribution in [1.29, 1.82) is 0 Å². The number of amides is 2. The van der Waals surface area contributed by atoms with Crippen molar-refractivity contribution >= 4 is 17.5 Å². The third-order valence-corrected chi connectivity index (χ3v) is 2.67. The van der Waals surface area contributed by atoms with E-state index in [1.54, 1.807) is 38.4 Å². The number of nitrogens with one attached hydrogen (secondary N) is 3. The Morgan fingerprint density at radius 2 is 2.05 bits per heavy atom. The average Bonchev–Trinajstić information content (AvgIpc) is 2.44. The zero-order valence-corrected chi connectivity index (χ0v) is 12.2. The van der Waals surface area contributed by atoms with Crippen LogP contribution in [0.4, 0.5) is 5.69 Å². The van der Waals surface area contributed by atoms with Gasteiger partial charge in [0.25, 0.3) is 11.8 Å². The molecule has 0 spiro atoms. The van der Waals surface area contributed by atoms with Crippen LogP contribution in [0.3, 0.4) is 0 Å². The van der Waals surface area contributed by atoms with Crippen LogP contribution in [-0.2, 0) is 9.59 Å². The molecule has 3 N–H and O–H groups in total. The Hall–Kier alpha value is -2.52. The van der Waals surface area contributed by atoms with Crippen LogP contribution in [0, 0.1) is 12.3 Å². The average molecular weight is 290 g/mol. The standard InChI is InChI=1S/C15H19N3O3/c1-4-8-16-14(19)10-18(2)11-15(20)17-12-6-5-7-13(9-12)21-3/h1,5-7,9H,8,10-11H2,2-3H3,(H,16,19)(H,17,20)/p+1. The van der Waals surface area contributed by atoms with Crippen LogP contribution in [0.5, 0.6) is 5.75 Å². The molecule has 6 heteroatoms. The number of quaternary nitrogens is 1. The predicted molar refractivity (Wildman–Crippen MR) is 80.1 cm³/mol. The van der Waals surface area contributed by atoms with Gasteiger partial charge in [-0.2, -0.15) is 0 Å². The summed E-state index contributed by atoms with van der Waals surface area (Å²) in [6.45, 7) is 0.565. The zero-order chi connectivity index (χ0) is 15.7. The van der Waals surface area contributed by atoms with E-state index in [1.807, 2.05) is 0 Å². The number of ether oxygens (including phenoxy) is 1. The first-order valence-corrected chi connectivity index (χ1v) is 6.50. The monoisotopic (exact) mass is 290 g/mol. The first-order chi connectivity index (χ1) is 10.0. The second-order valence-corrected chi connectivity index (χ2v) is 4.57. The van der Waals surface area contributed by atoms with Gasteiger partial charge in [0.1, 0.15) is 5.75 Å². The number of rotatable bonds is 7. The Bertz CT molecular complexity index is 537. The summed E-state index contributed by atoms with van der Waals surface area (Å²) >= 11 is 0. The Balaban J connectivity index is 2.42. The minimum absolute atomic E-state index is 0.175. The molecular formula is C15H20N3O3+. The van der Waals surface area contributed by atoms with E-state index < -0.39 is 0 Å². The maximum atomic E-state index is 11.9. The van der Waals surface area contributed by atoms with Gasteiger partial charge in [0.2, 0.25) is 0 Å². The van der Waals surface area contributed by atoms with E-state index in [4.69, 9.17) is 11.2 Å². The molecule has 0 saturated heterocycles. The van der Waals surface area contributed by atoms with Crippen molar-refractivity contribution in [3.63, 3.8) is 0 Å². The summed E-state index contributed by atoms with van der Waals surface area (Å²) in [5.74, 6) is 2.64. The maximum Gasteiger partial charge on any atom is 0.279 e. The van der Waals surface area contributed by atoms with E-state index in [2.05, 4.69) is 16.6 Å². The number of carbonyl (C=O) groups is 2. The van der Waals surface area contributed by atoms with Crippen molar-refractivity contribution in [3.05, 3.63) is 24.3 Å². The molecule has 0 aliphatic heterocycles. The highest BCUT2D eigenvalue weighted by Crippen LogP contribution is 2.16. The lowest BCUT2D eigenvalue weighted by Crippen LogP contribution is -3.11. The van der Waals surface area contributed by atoms with Crippen molar-refractivity contribution in [2.75, 3.05) is 39.1 Å². The third kappa shape index (κ3) is 6.45. The van der Waals surface area contributed by atoms with Crippen LogP contribution in [0.2, 0.25) is 0 Å². The molecule has 1 atom stereocenters. The summed E-state index contributed by atoms with van der Waals surface area (Å²) in [6.07, 6.45) is 5.05. The lowest BCUT2D eigenvalue weighted by atomic mass is 10.3. The quantitative estimate of drug-likeness (QED) is 0.558. The van der Waals surface area contributed by atoms with Gasteiger partial charge >= 0.3 is 0 Å². The zero-order valence-electron chi connectivity index (χ0n) is 12.2. The lowest BCUT2D eigenvalue weighted by Gasteiger charge is -2.13. The molecule has 0 bridgehead atoms. The molecule has 0 fully saturated rings. The molecule has 0 saturated carbocycles. The van der Waals surface area contributed by atoms with Gasteiger partial charge in [0.05, 0.1) is 20.7 Å². The first-order valence-electron chi connectivity index (χ1n) is 6.50. The van der Waals surface area contributed by atoms with Crippen LogP contribution < -0.4 is 20.3 Å². The van der Waals surface area contributed by atoms with Crippen molar-refractivity contribution in [2.45, 2.75) is 0 Å². The van der Waals surface area contributed by atoms with E-state index >= 15 is 0 Å². The molecule has 0 aromatic heterocycles. The highest BCUT2D eigenvalue weighted by molar-refractivity contribution is 5.91. The molecule has 0 heterocycles. The molecule has 112 valence electrons. The summed E-state index contributed by atoms with van der Waals surface area (Å²) in [6, 6.07) is 7.09. The molecule has 0 aliphatic rings. The van der Waals surface area contributed by atoms with Crippen LogP contribution >= 0.6 is 0 Å². The molecule has 2 amide bonds. The van der Waals surface area contributed by atoms with Gasteiger partial charge < -0.3 is 20.3 Å². The highest BCUT2D eigenvalue weighted by Gasteiger charge is 2.13. The van der Waals surface area contributed by atoms with Crippen molar-refractivity contribution in [3.8, 4) is 18.1 Å². The van der Waals surface area contributed by atoms with Crippen molar-refractivity contribution in [2.24, 2.45) is 0 Å². The summed E-state index contributed by atoms with van der Waals surface area (Å²) in [7, 11) is 3.33. The van der Waals surface area contributed by atoms with E-state index in [0.717, 1.165) is 4.90 Å². The second-order valence-electron chi connectivity index (χ2n) is 4.57. The fraction of sp³-hybridized carbons (Fsp3) is 0.333. The van der Waals surface area contributed by atoms with E-state index in [0.29, 0.717) is 11.4 Å². The lowest BCUT2D eigenvalue weighted by molar-refractivity contribution is -0.862. The van der Waals surface area contributed by atoms with Crippen LogP contribution in [-0.4, -0.2) is 45.6 Å². The minimum atomic E-state index is -0.181. The van der Waals surface area contributed by atoms with Gasteiger partial charge in [-0.15, -0.1) is 6.42 Å². The van der Waals surface area contributed by atoms with E-state index in [-0.39, 0.29) is 31.4 Å². The third-order valence-electron chi connectivity index (χ3n) is 2.67. The summed E-state index contributed by atoms with van der Waals surface area (Å²) in [4.78, 5) is 24.1. The SMILES string of the molecule is C#CCNC(=O)C[NH+](C)CC(=O)Nc1cccc(OC)c1. The van der Waals surface area contributed by atoms with Crippen LogP contribution in [0.1, 0.15) is 0 Å². The number of methoxy groups -OCH3 is 1. The number of likely N-dealkylation sites (N-methyl/N-ethyl adjacent to an activating group) is 1. The maximum absolute atomic E-state index is 11.9. The number of hydrogen-bond acceptors (Lipinski definition) is 3. The second kappa shape index (κ2) is 8.61. The Morgan fingerprint density at radius 3 is 2.71 bits per heavy atom. The Kier molecular flexibility index (Phi) is 6.78. The highest BCUT2D eigenvalue weighted by atomic mass is 16.5. The normalized spacial score (nSPS) is 11.1. The molecule has 1 aromatic rings. The topological polar surface area (TPSA) is 71.9 Å². The summed E-state index contributed by atoms with van der Waals surface area (Å²) in [5, 5.41) is 5.32. The molecular weight excluding hydrogens is 270 g/mol. The van der Waals surface area contributed by atoms with Gasteiger partial charge in [-0.05, 0) is 12.1 Å². The number of anilines is 1. The molecule has 1 rings (SSSR count). The number of hydrogen-bond donors (Lipinski definition) is 3. The van der Waals surface area contributed by atoms with Crippen molar-refractivity contribution in [1.82, 2.24) is 5.32 Å². The van der Waals surface area contributed by atoms with Gasteiger partial charge in [0, 0.05) is 11.8 Å². The largest absolute Gasteiger partial charge is 0.497 e. The fourth-order valence-corrected chi connectivity index (χ4v) is 1.73. The molecule has 1 unspecified atom stereocenters. The Morgan fingerprint density at radius 1 is 1.33 bits per heavy atom. The van der Waals surface area contributed by atoms with Crippen LogP contribution in [0.15, 0.2) is 24.3 Å². The summed E-state index contributed by atoms with van der Waals surface area (Å²) in [5.41, 5.74) is 0.656. The number of terminal acetylenes is 1. The van der Waals surface area contributed by atoms with Gasteiger partial charge in [0.15, 0.2) is 13.1 Å². The van der Waals surface area contributed by atoms with Crippen molar-refractivity contribution < 1.29 is 19.2 Å².